The van der Waals surface area contributed by atoms with Crippen LogP contribution < -0.4 is 5.73 Å². The molecule has 2 atom stereocenters. The second kappa shape index (κ2) is 10.8. The molecule has 0 saturated carbocycles. The van der Waals surface area contributed by atoms with E-state index in [0.29, 0.717) is 19.3 Å². The van der Waals surface area contributed by atoms with Crippen LogP contribution in [0.5, 0.6) is 0 Å². The number of nitrogens with two attached hydrogens (primary N) is 1. The Morgan fingerprint density at radius 1 is 1.32 bits per heavy atom. The predicted octanol–water partition coefficient (Wildman–Crippen LogP) is 0.959. The number of thioether (sulfide) groups is 1. The molecule has 1 heterocycles. The number of aromatic amines is 1. The largest absolute Gasteiger partial charge is 0.480 e. The van der Waals surface area contributed by atoms with E-state index in [9.17, 15) is 19.2 Å². The van der Waals surface area contributed by atoms with Crippen LogP contribution in [-0.4, -0.2) is 49.5 Å². The van der Waals surface area contributed by atoms with E-state index in [2.05, 4.69) is 9.97 Å². The van der Waals surface area contributed by atoms with E-state index < -0.39 is 17.9 Å². The topological polar surface area (TPSA) is 143 Å². The van der Waals surface area contributed by atoms with Crippen LogP contribution in [0.2, 0.25) is 0 Å². The van der Waals surface area contributed by atoms with Gasteiger partial charge in [-0.05, 0) is 13.3 Å². The quantitative estimate of drug-likeness (QED) is 0.494. The molecule has 0 bridgehead atoms. The molecule has 138 valence electrons. The summed E-state index contributed by atoms with van der Waals surface area (Å²) in [5.41, 5.74) is 6.13. The van der Waals surface area contributed by atoms with Crippen molar-refractivity contribution < 1.29 is 24.3 Å². The van der Waals surface area contributed by atoms with Crippen molar-refractivity contribution in [3.8, 4) is 0 Å². The van der Waals surface area contributed by atoms with Gasteiger partial charge in [0.25, 0.3) is 0 Å². The Morgan fingerprint density at radius 2 is 2.04 bits per heavy atom. The fourth-order valence-electron chi connectivity index (χ4n) is 2.17. The first-order chi connectivity index (χ1) is 11.8. The average molecular weight is 369 g/mol. The van der Waals surface area contributed by atoms with Gasteiger partial charge in [0, 0.05) is 49.2 Å². The number of ketones is 2. The highest BCUT2D eigenvalue weighted by Crippen LogP contribution is 2.21. The number of nitrogens with one attached hydrogen (secondary N) is 1. The SMILES string of the molecule is CC(=O)CCCC(=O)C[C@@H](Cc1cnc[nH]1)C(=O)SCC(N)C(=O)O. The molecular weight excluding hydrogens is 346 g/mol. The molecule has 4 N–H and O–H groups in total. The van der Waals surface area contributed by atoms with Gasteiger partial charge in [-0.2, -0.15) is 0 Å². The van der Waals surface area contributed by atoms with Gasteiger partial charge in [-0.1, -0.05) is 11.8 Å². The van der Waals surface area contributed by atoms with Gasteiger partial charge in [0.2, 0.25) is 0 Å². The van der Waals surface area contributed by atoms with Gasteiger partial charge in [-0.3, -0.25) is 14.4 Å². The van der Waals surface area contributed by atoms with Crippen LogP contribution in [0.1, 0.15) is 38.3 Å². The Morgan fingerprint density at radius 3 is 2.60 bits per heavy atom. The normalized spacial score (nSPS) is 13.2. The third kappa shape index (κ3) is 8.59. The molecule has 0 fully saturated rings. The summed E-state index contributed by atoms with van der Waals surface area (Å²) in [6, 6.07) is -1.13. The first-order valence-corrected chi connectivity index (χ1v) is 8.91. The van der Waals surface area contributed by atoms with Crippen molar-refractivity contribution in [3.63, 3.8) is 0 Å². The van der Waals surface area contributed by atoms with Crippen molar-refractivity contribution in [2.24, 2.45) is 11.7 Å². The molecule has 25 heavy (non-hydrogen) atoms. The number of Topliss-reactive ketones (excluding diaryl/α,β-unsaturated/α-hetero) is 2. The molecule has 9 heteroatoms. The maximum absolute atomic E-state index is 12.4. The number of rotatable bonds is 12. The number of carboxylic acid groups (broad SMARTS) is 1. The summed E-state index contributed by atoms with van der Waals surface area (Å²) < 4.78 is 0. The molecule has 0 saturated heterocycles. The molecule has 0 aliphatic carbocycles. The van der Waals surface area contributed by atoms with Gasteiger partial charge in [0.05, 0.1) is 6.33 Å². The summed E-state index contributed by atoms with van der Waals surface area (Å²) in [5.74, 6) is -1.88. The second-order valence-electron chi connectivity index (χ2n) is 5.85. The van der Waals surface area contributed by atoms with Crippen LogP contribution in [0.3, 0.4) is 0 Å². The van der Waals surface area contributed by atoms with E-state index in [0.717, 1.165) is 17.5 Å². The van der Waals surface area contributed by atoms with Crippen molar-refractivity contribution >= 4 is 34.4 Å². The lowest BCUT2D eigenvalue weighted by Crippen LogP contribution is -2.33. The summed E-state index contributed by atoms with van der Waals surface area (Å²) in [6.45, 7) is 1.47. The van der Waals surface area contributed by atoms with Crippen LogP contribution in [-0.2, 0) is 25.6 Å². The number of imidazole rings is 1. The van der Waals surface area contributed by atoms with E-state index in [-0.39, 0.29) is 35.3 Å². The number of H-pyrrole nitrogens is 1. The second-order valence-corrected chi connectivity index (χ2v) is 6.88. The lowest BCUT2D eigenvalue weighted by Gasteiger charge is -2.15. The number of aliphatic carboxylic acids is 1. The van der Waals surface area contributed by atoms with Crippen molar-refractivity contribution in [2.75, 3.05) is 5.75 Å². The van der Waals surface area contributed by atoms with Crippen molar-refractivity contribution in [3.05, 3.63) is 18.2 Å². The Kier molecular flexibility index (Phi) is 9.07. The van der Waals surface area contributed by atoms with Gasteiger partial charge < -0.3 is 20.6 Å². The number of nitrogens with zero attached hydrogens (tertiary/aromatic N) is 1. The van der Waals surface area contributed by atoms with Crippen LogP contribution in [0, 0.1) is 5.92 Å². The summed E-state index contributed by atoms with van der Waals surface area (Å²) in [4.78, 5) is 52.9. The number of hydrogen-bond acceptors (Lipinski definition) is 7. The molecule has 0 spiro atoms. The monoisotopic (exact) mass is 369 g/mol. The molecule has 8 nitrogen and oxygen atoms in total. The van der Waals surface area contributed by atoms with Gasteiger partial charge in [-0.15, -0.1) is 0 Å². The summed E-state index contributed by atoms with van der Waals surface area (Å²) >= 11 is 0.828. The van der Waals surface area contributed by atoms with Crippen molar-refractivity contribution in [1.29, 1.82) is 0 Å². The van der Waals surface area contributed by atoms with Gasteiger partial charge in [0.1, 0.15) is 17.6 Å². The zero-order valence-electron chi connectivity index (χ0n) is 14.1. The Balaban J connectivity index is 2.62. The molecule has 1 rings (SSSR count). The maximum Gasteiger partial charge on any atom is 0.321 e. The molecule has 1 aromatic heterocycles. The highest BCUT2D eigenvalue weighted by atomic mass is 32.2. The zero-order chi connectivity index (χ0) is 18.8. The Bertz CT molecular complexity index is 603. The third-order valence-corrected chi connectivity index (χ3v) is 4.68. The fourth-order valence-corrected chi connectivity index (χ4v) is 3.06. The molecule has 0 amide bonds. The number of aromatic nitrogens is 2. The molecule has 0 aromatic carbocycles. The van der Waals surface area contributed by atoms with Gasteiger partial charge in [0.15, 0.2) is 5.12 Å². The molecular formula is C16H23N3O5S. The smallest absolute Gasteiger partial charge is 0.321 e. The van der Waals surface area contributed by atoms with Gasteiger partial charge >= 0.3 is 5.97 Å². The van der Waals surface area contributed by atoms with E-state index in [1.165, 1.54) is 13.3 Å². The molecule has 1 unspecified atom stereocenters. The third-order valence-electron chi connectivity index (χ3n) is 3.54. The number of carbonyl (C=O) groups is 4. The molecule has 1 aromatic rings. The lowest BCUT2D eigenvalue weighted by atomic mass is 9.96. The minimum atomic E-state index is -1.18. The van der Waals surface area contributed by atoms with Crippen molar-refractivity contribution in [1.82, 2.24) is 9.97 Å². The molecule has 0 aliphatic rings. The first kappa shape index (κ1) is 21.0. The lowest BCUT2D eigenvalue weighted by molar-refractivity contribution is -0.138. The average Bonchev–Trinajstić information content (AvgIpc) is 3.04. The fraction of sp³-hybridized carbons (Fsp3) is 0.562. The predicted molar refractivity (Wildman–Crippen MR) is 93.0 cm³/mol. The Hall–Kier alpha value is -2.00. The maximum atomic E-state index is 12.4. The van der Waals surface area contributed by atoms with Crippen LogP contribution in [0.4, 0.5) is 0 Å². The van der Waals surface area contributed by atoms with Crippen molar-refractivity contribution in [2.45, 2.75) is 45.1 Å². The summed E-state index contributed by atoms with van der Waals surface area (Å²) in [6.07, 6.45) is 4.47. The Labute approximate surface area is 150 Å². The summed E-state index contributed by atoms with van der Waals surface area (Å²) in [7, 11) is 0. The van der Waals surface area contributed by atoms with E-state index >= 15 is 0 Å². The summed E-state index contributed by atoms with van der Waals surface area (Å²) in [5, 5.41) is 8.51. The minimum absolute atomic E-state index is 0.0242. The molecule has 0 aliphatic heterocycles. The van der Waals surface area contributed by atoms with Gasteiger partial charge in [-0.25, -0.2) is 4.98 Å². The van der Waals surface area contributed by atoms with Crippen LogP contribution >= 0.6 is 11.8 Å². The highest BCUT2D eigenvalue weighted by molar-refractivity contribution is 8.13. The highest BCUT2D eigenvalue weighted by Gasteiger charge is 2.25. The minimum Gasteiger partial charge on any atom is -0.480 e. The number of hydrogen-bond donors (Lipinski definition) is 3. The van der Waals surface area contributed by atoms with E-state index in [1.54, 1.807) is 6.20 Å². The number of carbonyl (C=O) groups excluding carboxylic acids is 3. The first-order valence-electron chi connectivity index (χ1n) is 7.93. The standard InChI is InChI=1S/C16H23N3O5S/c1-10(20)3-2-4-13(21)6-11(5-12-7-18-9-19-12)16(24)25-8-14(17)15(22)23/h7,9,11,14H,2-6,8,17H2,1H3,(H,18,19)(H,22,23)/t11-,14?/m1/s1. The van der Waals surface area contributed by atoms with Crippen LogP contribution in [0.25, 0.3) is 0 Å². The van der Waals surface area contributed by atoms with E-state index in [1.807, 2.05) is 0 Å². The zero-order valence-corrected chi connectivity index (χ0v) is 14.9. The van der Waals surface area contributed by atoms with E-state index in [4.69, 9.17) is 10.8 Å². The molecule has 0 radical (unpaired) electrons. The number of carboxylic acids is 1. The van der Waals surface area contributed by atoms with Crippen LogP contribution in [0.15, 0.2) is 12.5 Å².